The Morgan fingerprint density at radius 1 is 0.964 bits per heavy atom. The number of anilines is 1. The summed E-state index contributed by atoms with van der Waals surface area (Å²) in [6, 6.07) is 9.44. The van der Waals surface area contributed by atoms with Gasteiger partial charge in [-0.3, -0.25) is 19.7 Å². The number of benzene rings is 2. The van der Waals surface area contributed by atoms with Gasteiger partial charge in [-0.1, -0.05) is 0 Å². The number of ether oxygens (including phenoxy) is 1. The fraction of sp³-hybridized carbons (Fsp3) is 0.211. The lowest BCUT2D eigenvalue weighted by Crippen LogP contribution is -2.30. The second-order valence-corrected chi connectivity index (χ2v) is 6.18. The molecule has 2 rings (SSSR count). The molecule has 2 N–H and O–H groups in total. The van der Waals surface area contributed by atoms with Crippen molar-refractivity contribution in [2.45, 2.75) is 19.9 Å². The molecule has 0 spiro atoms. The number of nitro benzene ring substituents is 1. The molecule has 0 saturated carbocycles. The van der Waals surface area contributed by atoms with Crippen LogP contribution in [0.5, 0.6) is 0 Å². The van der Waals surface area contributed by atoms with Crippen molar-refractivity contribution in [3.8, 4) is 0 Å². The maximum Gasteiger partial charge on any atom is 0.338 e. The van der Waals surface area contributed by atoms with Gasteiger partial charge in [0.25, 0.3) is 17.5 Å². The van der Waals surface area contributed by atoms with Crippen LogP contribution in [-0.4, -0.2) is 35.9 Å². The number of rotatable bonds is 6. The van der Waals surface area contributed by atoms with Gasteiger partial charge >= 0.3 is 5.97 Å². The predicted molar refractivity (Wildman–Crippen MR) is 101 cm³/mol. The Hall–Kier alpha value is -3.75. The number of methoxy groups -OCH3 is 1. The fourth-order valence-electron chi connectivity index (χ4n) is 2.34. The first-order valence-electron chi connectivity index (χ1n) is 8.31. The first-order valence-corrected chi connectivity index (χ1v) is 8.31. The quantitative estimate of drug-likeness (QED) is 0.447. The van der Waals surface area contributed by atoms with Crippen molar-refractivity contribution in [1.29, 1.82) is 0 Å². The molecule has 0 radical (unpaired) electrons. The molecule has 0 fully saturated rings. The molecule has 2 aromatic carbocycles. The molecule has 0 heterocycles. The maximum atomic E-state index is 12.5. The Balaban J connectivity index is 2.22. The number of carbonyl (C=O) groups is 3. The van der Waals surface area contributed by atoms with Crippen LogP contribution < -0.4 is 10.6 Å². The molecule has 0 saturated heterocycles. The average Bonchev–Trinajstić information content (AvgIpc) is 2.66. The van der Waals surface area contributed by atoms with E-state index in [1.165, 1.54) is 18.2 Å². The Morgan fingerprint density at radius 3 is 2.11 bits per heavy atom. The van der Waals surface area contributed by atoms with Crippen molar-refractivity contribution < 1.29 is 24.0 Å². The molecule has 0 aliphatic carbocycles. The van der Waals surface area contributed by atoms with Crippen molar-refractivity contribution in [3.63, 3.8) is 0 Å². The first-order chi connectivity index (χ1) is 13.2. The molecule has 0 aliphatic rings. The third-order valence-electron chi connectivity index (χ3n) is 3.64. The second-order valence-electron chi connectivity index (χ2n) is 6.18. The van der Waals surface area contributed by atoms with Gasteiger partial charge in [-0.2, -0.15) is 0 Å². The van der Waals surface area contributed by atoms with Gasteiger partial charge in [0.15, 0.2) is 0 Å². The molecule has 0 aliphatic heterocycles. The van der Waals surface area contributed by atoms with Gasteiger partial charge in [-0.25, -0.2) is 4.79 Å². The Labute approximate surface area is 160 Å². The van der Waals surface area contributed by atoms with Gasteiger partial charge < -0.3 is 15.4 Å². The molecule has 0 bridgehead atoms. The summed E-state index contributed by atoms with van der Waals surface area (Å²) < 4.78 is 4.56. The zero-order valence-electron chi connectivity index (χ0n) is 15.5. The molecule has 0 aromatic heterocycles. The van der Waals surface area contributed by atoms with E-state index in [4.69, 9.17) is 0 Å². The van der Waals surface area contributed by atoms with Crippen LogP contribution in [0.25, 0.3) is 0 Å². The molecule has 0 atom stereocenters. The van der Waals surface area contributed by atoms with E-state index >= 15 is 0 Å². The van der Waals surface area contributed by atoms with E-state index in [0.29, 0.717) is 11.3 Å². The summed E-state index contributed by atoms with van der Waals surface area (Å²) in [5.41, 5.74) is 0.222. The SMILES string of the molecule is COC(=O)c1cc(C(=O)Nc2ccc(C(=O)NC(C)C)cc2)cc([N+](=O)[O-])c1. The Morgan fingerprint density at radius 2 is 1.57 bits per heavy atom. The van der Waals surface area contributed by atoms with Crippen LogP contribution >= 0.6 is 0 Å². The number of esters is 1. The molecule has 9 nitrogen and oxygen atoms in total. The van der Waals surface area contributed by atoms with Gasteiger partial charge in [0.05, 0.1) is 17.6 Å². The van der Waals surface area contributed by atoms with E-state index in [1.807, 2.05) is 13.8 Å². The summed E-state index contributed by atoms with van der Waals surface area (Å²) in [5.74, 6) is -1.68. The molecule has 2 aromatic rings. The molecular formula is C19H19N3O6. The summed E-state index contributed by atoms with van der Waals surface area (Å²) in [4.78, 5) is 46.4. The number of nitrogens with zero attached hydrogens (tertiary/aromatic N) is 1. The third kappa shape index (κ3) is 5.13. The van der Waals surface area contributed by atoms with Crippen LogP contribution in [0.2, 0.25) is 0 Å². The van der Waals surface area contributed by atoms with E-state index in [0.717, 1.165) is 19.2 Å². The largest absolute Gasteiger partial charge is 0.465 e. The van der Waals surface area contributed by atoms with Gasteiger partial charge in [0.1, 0.15) is 0 Å². The smallest absolute Gasteiger partial charge is 0.338 e. The zero-order chi connectivity index (χ0) is 20.8. The normalized spacial score (nSPS) is 10.3. The van der Waals surface area contributed by atoms with Crippen LogP contribution in [0.15, 0.2) is 42.5 Å². The van der Waals surface area contributed by atoms with Gasteiger partial charge in [-0.15, -0.1) is 0 Å². The van der Waals surface area contributed by atoms with Crippen molar-refractivity contribution in [1.82, 2.24) is 5.32 Å². The van der Waals surface area contributed by atoms with E-state index in [1.54, 1.807) is 12.1 Å². The average molecular weight is 385 g/mol. The van der Waals surface area contributed by atoms with Crippen LogP contribution in [0.3, 0.4) is 0 Å². The number of nitro groups is 1. The van der Waals surface area contributed by atoms with Crippen LogP contribution in [-0.2, 0) is 4.74 Å². The minimum atomic E-state index is -0.793. The highest BCUT2D eigenvalue weighted by molar-refractivity contribution is 6.06. The molecule has 2 amide bonds. The standard InChI is InChI=1S/C19H19N3O6/c1-11(2)20-17(23)12-4-6-15(7-5-12)21-18(24)13-8-14(19(25)28-3)10-16(9-13)22(26)27/h4-11H,1-3H3,(H,20,23)(H,21,24). The molecule has 146 valence electrons. The molecule has 0 unspecified atom stereocenters. The number of carbonyl (C=O) groups excluding carboxylic acids is 3. The number of hydrogen-bond acceptors (Lipinski definition) is 6. The second kappa shape index (κ2) is 8.76. The van der Waals surface area contributed by atoms with Crippen LogP contribution in [0.1, 0.15) is 44.9 Å². The van der Waals surface area contributed by atoms with Crippen molar-refractivity contribution in [2.24, 2.45) is 0 Å². The number of hydrogen-bond donors (Lipinski definition) is 2. The van der Waals surface area contributed by atoms with Gasteiger partial charge in [-0.05, 0) is 44.2 Å². The van der Waals surface area contributed by atoms with Gasteiger partial charge in [0.2, 0.25) is 0 Å². The van der Waals surface area contributed by atoms with Crippen molar-refractivity contribution in [3.05, 3.63) is 69.3 Å². The predicted octanol–water partition coefficient (Wildman–Crippen LogP) is 2.77. The fourth-order valence-corrected chi connectivity index (χ4v) is 2.34. The number of non-ortho nitro benzene ring substituents is 1. The summed E-state index contributed by atoms with van der Waals surface area (Å²) in [6.07, 6.45) is 0. The maximum absolute atomic E-state index is 12.5. The summed E-state index contributed by atoms with van der Waals surface area (Å²) in [7, 11) is 1.14. The number of nitrogens with one attached hydrogen (secondary N) is 2. The highest BCUT2D eigenvalue weighted by atomic mass is 16.6. The highest BCUT2D eigenvalue weighted by Crippen LogP contribution is 2.20. The molecular weight excluding hydrogens is 366 g/mol. The van der Waals surface area contributed by atoms with Gasteiger partial charge in [0, 0.05) is 35.0 Å². The van der Waals surface area contributed by atoms with Crippen molar-refractivity contribution >= 4 is 29.2 Å². The lowest BCUT2D eigenvalue weighted by Gasteiger charge is -2.10. The Bertz CT molecular complexity index is 922. The zero-order valence-corrected chi connectivity index (χ0v) is 15.5. The molecule has 9 heteroatoms. The first kappa shape index (κ1) is 20.6. The minimum absolute atomic E-state index is 0.00948. The van der Waals surface area contributed by atoms with E-state index in [2.05, 4.69) is 15.4 Å². The minimum Gasteiger partial charge on any atom is -0.465 e. The van der Waals surface area contributed by atoms with E-state index in [9.17, 15) is 24.5 Å². The van der Waals surface area contributed by atoms with Crippen molar-refractivity contribution in [2.75, 3.05) is 12.4 Å². The molecule has 28 heavy (non-hydrogen) atoms. The topological polar surface area (TPSA) is 128 Å². The number of amides is 2. The lowest BCUT2D eigenvalue weighted by atomic mass is 10.1. The highest BCUT2D eigenvalue weighted by Gasteiger charge is 2.18. The summed E-state index contributed by atoms with van der Waals surface area (Å²) in [6.45, 7) is 3.68. The monoisotopic (exact) mass is 385 g/mol. The van der Waals surface area contributed by atoms with Crippen LogP contribution in [0.4, 0.5) is 11.4 Å². The Kier molecular flexibility index (Phi) is 6.43. The lowest BCUT2D eigenvalue weighted by molar-refractivity contribution is -0.384. The summed E-state index contributed by atoms with van der Waals surface area (Å²) >= 11 is 0. The van der Waals surface area contributed by atoms with E-state index in [-0.39, 0.29) is 23.1 Å². The van der Waals surface area contributed by atoms with E-state index < -0.39 is 22.5 Å². The third-order valence-corrected chi connectivity index (χ3v) is 3.64. The van der Waals surface area contributed by atoms with Crippen LogP contribution in [0, 0.1) is 10.1 Å². The summed E-state index contributed by atoms with van der Waals surface area (Å²) in [5, 5.41) is 16.4.